The summed E-state index contributed by atoms with van der Waals surface area (Å²) in [5.41, 5.74) is 5.92. The van der Waals surface area contributed by atoms with Gasteiger partial charge in [0.1, 0.15) is 6.07 Å². The van der Waals surface area contributed by atoms with Gasteiger partial charge in [0.15, 0.2) is 0 Å². The Labute approximate surface area is 182 Å². The number of halogens is 1. The van der Waals surface area contributed by atoms with Crippen LogP contribution in [-0.2, 0) is 6.42 Å². The molecule has 0 spiro atoms. The van der Waals surface area contributed by atoms with Crippen molar-refractivity contribution in [2.45, 2.75) is 34.1 Å². The number of aromatic nitrogens is 2. The van der Waals surface area contributed by atoms with Gasteiger partial charge < -0.3 is 4.90 Å². The van der Waals surface area contributed by atoms with E-state index in [9.17, 15) is 4.79 Å². The molecular weight excluding hydrogens is 396 g/mol. The van der Waals surface area contributed by atoms with Gasteiger partial charge in [0.2, 0.25) is 0 Å². The third kappa shape index (κ3) is 4.10. The van der Waals surface area contributed by atoms with Crippen LogP contribution < -0.4 is 0 Å². The summed E-state index contributed by atoms with van der Waals surface area (Å²) in [6.07, 6.45) is 0.616. The molecule has 3 rings (SSSR count). The molecule has 1 amide bonds. The Morgan fingerprint density at radius 1 is 1.17 bits per heavy atom. The molecule has 0 saturated heterocycles. The van der Waals surface area contributed by atoms with Crippen molar-refractivity contribution < 1.29 is 4.79 Å². The summed E-state index contributed by atoms with van der Waals surface area (Å²) in [6, 6.07) is 15.1. The monoisotopic (exact) mass is 420 g/mol. The molecule has 0 aliphatic heterocycles. The Kier molecular flexibility index (Phi) is 6.59. The number of carbonyl (C=O) groups excluding carboxylic acids is 1. The maximum absolute atomic E-state index is 13.0. The van der Waals surface area contributed by atoms with Crippen LogP contribution in [0, 0.1) is 25.2 Å². The molecule has 0 aliphatic carbocycles. The highest BCUT2D eigenvalue weighted by molar-refractivity contribution is 6.31. The van der Waals surface area contributed by atoms with Crippen LogP contribution in [0.1, 0.15) is 52.3 Å². The molecule has 5 nitrogen and oxygen atoms in total. The summed E-state index contributed by atoms with van der Waals surface area (Å²) in [5.74, 6) is 0.0529. The molecule has 30 heavy (non-hydrogen) atoms. The second-order valence-electron chi connectivity index (χ2n) is 7.15. The zero-order chi connectivity index (χ0) is 21.8. The Balaban J connectivity index is 2.00. The molecule has 0 radical (unpaired) electrons. The Morgan fingerprint density at radius 3 is 2.50 bits per heavy atom. The number of aryl methyl sites for hydroxylation is 1. The normalized spacial score (nSPS) is 10.7. The lowest BCUT2D eigenvalue weighted by molar-refractivity contribution is 0.0772. The summed E-state index contributed by atoms with van der Waals surface area (Å²) in [4.78, 5) is 14.8. The van der Waals surface area contributed by atoms with Gasteiger partial charge in [0.25, 0.3) is 5.91 Å². The van der Waals surface area contributed by atoms with Gasteiger partial charge in [-0.2, -0.15) is 10.4 Å². The lowest BCUT2D eigenvalue weighted by Gasteiger charge is -2.20. The molecule has 2 aromatic carbocycles. The minimum absolute atomic E-state index is 0.0529. The number of carbonyl (C=O) groups is 1. The standard InChI is InChI=1S/C24H25ClN4O/c1-5-28(6-2)24(30)21-10-8-7-9-18(21)13-22-16(3)27-29(17(22)4)20-12-11-19(15-26)23(25)14-20/h7-12,14H,5-6,13H2,1-4H3. The summed E-state index contributed by atoms with van der Waals surface area (Å²) < 4.78 is 1.84. The topological polar surface area (TPSA) is 61.9 Å². The quantitative estimate of drug-likeness (QED) is 0.558. The number of rotatable bonds is 6. The maximum Gasteiger partial charge on any atom is 0.254 e. The zero-order valence-electron chi connectivity index (χ0n) is 17.7. The fraction of sp³-hybridized carbons (Fsp3) is 0.292. The smallest absolute Gasteiger partial charge is 0.254 e. The largest absolute Gasteiger partial charge is 0.339 e. The predicted octanol–water partition coefficient (Wildman–Crippen LogP) is 5.09. The lowest BCUT2D eigenvalue weighted by atomic mass is 9.97. The van der Waals surface area contributed by atoms with Crippen molar-refractivity contribution >= 4 is 17.5 Å². The first-order valence-corrected chi connectivity index (χ1v) is 10.4. The third-order valence-electron chi connectivity index (χ3n) is 5.42. The fourth-order valence-corrected chi connectivity index (χ4v) is 3.88. The molecule has 3 aromatic rings. The van der Waals surface area contributed by atoms with Crippen molar-refractivity contribution in [3.05, 3.63) is 81.1 Å². The van der Waals surface area contributed by atoms with Gasteiger partial charge in [-0.3, -0.25) is 4.79 Å². The molecule has 1 heterocycles. The number of hydrogen-bond donors (Lipinski definition) is 0. The molecule has 6 heteroatoms. The number of nitrogens with zero attached hydrogens (tertiary/aromatic N) is 4. The highest BCUT2D eigenvalue weighted by atomic mass is 35.5. The van der Waals surface area contributed by atoms with Crippen LogP contribution in [0.15, 0.2) is 42.5 Å². The van der Waals surface area contributed by atoms with Crippen molar-refractivity contribution in [3.63, 3.8) is 0 Å². The van der Waals surface area contributed by atoms with Crippen molar-refractivity contribution in [2.24, 2.45) is 0 Å². The van der Waals surface area contributed by atoms with E-state index >= 15 is 0 Å². The van der Waals surface area contributed by atoms with Gasteiger partial charge in [0, 0.05) is 36.3 Å². The number of amides is 1. The number of hydrogen-bond acceptors (Lipinski definition) is 3. The molecule has 0 aliphatic rings. The first-order chi connectivity index (χ1) is 14.4. The lowest BCUT2D eigenvalue weighted by Crippen LogP contribution is -2.31. The van der Waals surface area contributed by atoms with Gasteiger partial charge in [-0.1, -0.05) is 29.8 Å². The average molecular weight is 421 g/mol. The molecule has 154 valence electrons. The van der Waals surface area contributed by atoms with Gasteiger partial charge in [0.05, 0.1) is 22.0 Å². The first kappa shape index (κ1) is 21.6. The predicted molar refractivity (Wildman–Crippen MR) is 119 cm³/mol. The van der Waals surface area contributed by atoms with Crippen LogP contribution in [0.25, 0.3) is 5.69 Å². The minimum atomic E-state index is 0.0529. The third-order valence-corrected chi connectivity index (χ3v) is 5.74. The van der Waals surface area contributed by atoms with E-state index in [4.69, 9.17) is 22.0 Å². The average Bonchev–Trinajstić information content (AvgIpc) is 3.03. The summed E-state index contributed by atoms with van der Waals surface area (Å²) >= 11 is 6.22. The first-order valence-electron chi connectivity index (χ1n) is 10.0. The van der Waals surface area contributed by atoms with Crippen molar-refractivity contribution in [3.8, 4) is 11.8 Å². The molecule has 0 unspecified atom stereocenters. The van der Waals surface area contributed by atoms with E-state index in [0.29, 0.717) is 30.1 Å². The van der Waals surface area contributed by atoms with Gasteiger partial charge in [-0.05, 0) is 57.5 Å². The van der Waals surface area contributed by atoms with E-state index in [1.165, 1.54) is 0 Å². The molecular formula is C24H25ClN4O. The Morgan fingerprint density at radius 2 is 1.87 bits per heavy atom. The molecule has 0 N–H and O–H groups in total. The van der Waals surface area contributed by atoms with E-state index < -0.39 is 0 Å². The van der Waals surface area contributed by atoms with E-state index in [1.807, 2.05) is 67.6 Å². The Hall–Kier alpha value is -3.10. The second-order valence-corrected chi connectivity index (χ2v) is 7.56. The van der Waals surface area contributed by atoms with Gasteiger partial charge >= 0.3 is 0 Å². The molecule has 0 fully saturated rings. The van der Waals surface area contributed by atoms with Gasteiger partial charge in [-0.15, -0.1) is 0 Å². The van der Waals surface area contributed by atoms with Crippen LogP contribution in [-0.4, -0.2) is 33.7 Å². The summed E-state index contributed by atoms with van der Waals surface area (Å²) in [5, 5.41) is 14.2. The van der Waals surface area contributed by atoms with E-state index in [0.717, 1.165) is 33.8 Å². The van der Waals surface area contributed by atoms with E-state index in [-0.39, 0.29) is 5.91 Å². The molecule has 1 aromatic heterocycles. The second kappa shape index (κ2) is 9.15. The van der Waals surface area contributed by atoms with Crippen LogP contribution in [0.5, 0.6) is 0 Å². The number of benzene rings is 2. The van der Waals surface area contributed by atoms with Crippen molar-refractivity contribution in [1.29, 1.82) is 5.26 Å². The summed E-state index contributed by atoms with van der Waals surface area (Å²) in [6.45, 7) is 9.32. The fourth-order valence-electron chi connectivity index (χ4n) is 3.66. The van der Waals surface area contributed by atoms with Crippen molar-refractivity contribution in [2.75, 3.05) is 13.1 Å². The van der Waals surface area contributed by atoms with Gasteiger partial charge in [-0.25, -0.2) is 4.68 Å². The number of nitriles is 1. The van der Waals surface area contributed by atoms with Crippen LogP contribution >= 0.6 is 11.6 Å². The van der Waals surface area contributed by atoms with Crippen LogP contribution in [0.4, 0.5) is 0 Å². The summed E-state index contributed by atoms with van der Waals surface area (Å²) in [7, 11) is 0. The van der Waals surface area contributed by atoms with E-state index in [2.05, 4.69) is 6.07 Å². The molecule has 0 bridgehead atoms. The van der Waals surface area contributed by atoms with E-state index in [1.54, 1.807) is 12.1 Å². The minimum Gasteiger partial charge on any atom is -0.339 e. The Bertz CT molecular complexity index is 1120. The highest BCUT2D eigenvalue weighted by Gasteiger charge is 2.19. The zero-order valence-corrected chi connectivity index (χ0v) is 18.5. The highest BCUT2D eigenvalue weighted by Crippen LogP contribution is 2.25. The van der Waals surface area contributed by atoms with Crippen molar-refractivity contribution in [1.82, 2.24) is 14.7 Å². The molecule has 0 saturated carbocycles. The van der Waals surface area contributed by atoms with Crippen LogP contribution in [0.3, 0.4) is 0 Å². The SMILES string of the molecule is CCN(CC)C(=O)c1ccccc1Cc1c(C)nn(-c2ccc(C#N)c(Cl)c2)c1C. The maximum atomic E-state index is 13.0. The van der Waals surface area contributed by atoms with Crippen LogP contribution in [0.2, 0.25) is 5.02 Å². The molecule has 0 atom stereocenters.